The Hall–Kier alpha value is -1.67. The predicted molar refractivity (Wildman–Crippen MR) is 50.0 cm³/mol. The summed E-state index contributed by atoms with van der Waals surface area (Å²) in [5.41, 5.74) is 0.434. The number of esters is 1. The molecule has 0 atom stereocenters. The lowest BCUT2D eigenvalue weighted by atomic mass is 10.2. The van der Waals surface area contributed by atoms with E-state index >= 15 is 0 Å². The van der Waals surface area contributed by atoms with Gasteiger partial charge in [-0.15, -0.1) is 11.3 Å². The predicted octanol–water partition coefficient (Wildman–Crippen LogP) is 1.37. The van der Waals surface area contributed by atoms with Crippen LogP contribution in [0.4, 0.5) is 0 Å². The van der Waals surface area contributed by atoms with Gasteiger partial charge in [0.15, 0.2) is 5.78 Å². The number of rotatable bonds is 3. The van der Waals surface area contributed by atoms with Gasteiger partial charge in [-0.1, -0.05) is 0 Å². The van der Waals surface area contributed by atoms with Crippen LogP contribution in [0.5, 0.6) is 0 Å². The molecule has 0 amide bonds. The van der Waals surface area contributed by atoms with Crippen molar-refractivity contribution in [1.29, 1.82) is 5.26 Å². The van der Waals surface area contributed by atoms with Gasteiger partial charge in [-0.05, 0) is 6.07 Å². The number of ether oxygens (including phenoxy) is 1. The number of methoxy groups -OCH3 is 1. The summed E-state index contributed by atoms with van der Waals surface area (Å²) in [7, 11) is 1.23. The van der Waals surface area contributed by atoms with Crippen LogP contribution in [0.15, 0.2) is 11.4 Å². The summed E-state index contributed by atoms with van der Waals surface area (Å²) in [5, 5.41) is 10.1. The summed E-state index contributed by atoms with van der Waals surface area (Å²) < 4.78 is 4.36. The van der Waals surface area contributed by atoms with E-state index in [0.717, 1.165) is 11.3 Å². The Morgan fingerprint density at radius 2 is 2.36 bits per heavy atom. The third kappa shape index (κ3) is 2.41. The van der Waals surface area contributed by atoms with E-state index in [9.17, 15) is 9.59 Å². The molecule has 72 valence electrons. The summed E-state index contributed by atoms with van der Waals surface area (Å²) in [4.78, 5) is 22.5. The van der Waals surface area contributed by atoms with Crippen molar-refractivity contribution < 1.29 is 14.3 Å². The summed E-state index contributed by atoms with van der Waals surface area (Å²) in [6.45, 7) is 0. The van der Waals surface area contributed by atoms with E-state index in [1.807, 2.05) is 6.07 Å². The first-order valence-corrected chi connectivity index (χ1v) is 4.64. The van der Waals surface area contributed by atoms with E-state index < -0.39 is 5.97 Å². The second-order valence-corrected chi connectivity index (χ2v) is 3.40. The van der Waals surface area contributed by atoms with E-state index in [-0.39, 0.29) is 12.2 Å². The first-order chi connectivity index (χ1) is 6.67. The van der Waals surface area contributed by atoms with Crippen LogP contribution in [-0.2, 0) is 9.53 Å². The van der Waals surface area contributed by atoms with Crippen molar-refractivity contribution in [2.24, 2.45) is 0 Å². The smallest absolute Gasteiger partial charge is 0.313 e. The molecule has 1 heterocycles. The Kier molecular flexibility index (Phi) is 3.37. The lowest BCUT2D eigenvalue weighted by Gasteiger charge is -1.95. The lowest BCUT2D eigenvalue weighted by Crippen LogP contribution is -2.08. The fourth-order valence-electron chi connectivity index (χ4n) is 0.831. The van der Waals surface area contributed by atoms with Crippen LogP contribution in [0.3, 0.4) is 0 Å². The van der Waals surface area contributed by atoms with Crippen molar-refractivity contribution in [3.05, 3.63) is 21.9 Å². The number of hydrogen-bond acceptors (Lipinski definition) is 5. The molecular formula is C9H7NO3S. The number of nitrogens with zero attached hydrogens (tertiary/aromatic N) is 1. The molecule has 0 fully saturated rings. The summed E-state index contributed by atoms with van der Waals surface area (Å²) in [5.74, 6) is -0.884. The number of hydrogen-bond donors (Lipinski definition) is 0. The maximum Gasteiger partial charge on any atom is 0.313 e. The van der Waals surface area contributed by atoms with Gasteiger partial charge < -0.3 is 4.74 Å². The molecule has 0 unspecified atom stereocenters. The highest BCUT2D eigenvalue weighted by molar-refractivity contribution is 7.12. The van der Waals surface area contributed by atoms with E-state index in [0.29, 0.717) is 10.4 Å². The van der Waals surface area contributed by atoms with E-state index in [4.69, 9.17) is 5.26 Å². The number of carbonyl (C=O) groups excluding carboxylic acids is 2. The zero-order valence-corrected chi connectivity index (χ0v) is 8.26. The van der Waals surface area contributed by atoms with Gasteiger partial charge in [-0.2, -0.15) is 5.26 Å². The van der Waals surface area contributed by atoms with Gasteiger partial charge in [0, 0.05) is 5.38 Å². The first-order valence-electron chi connectivity index (χ1n) is 3.76. The number of nitriles is 1. The second kappa shape index (κ2) is 4.53. The Labute approximate surface area is 84.7 Å². The number of Topliss-reactive ketones (excluding diaryl/α,β-unsaturated/α-hetero) is 1. The molecule has 14 heavy (non-hydrogen) atoms. The maximum atomic E-state index is 11.3. The molecule has 0 bridgehead atoms. The zero-order valence-electron chi connectivity index (χ0n) is 7.44. The summed E-state index contributed by atoms with van der Waals surface area (Å²) in [6.07, 6.45) is -0.276. The highest BCUT2D eigenvalue weighted by atomic mass is 32.1. The Balaban J connectivity index is 2.71. The van der Waals surface area contributed by atoms with Gasteiger partial charge in [0.05, 0.1) is 17.6 Å². The summed E-state index contributed by atoms with van der Waals surface area (Å²) >= 11 is 1.15. The molecule has 0 aromatic carbocycles. The SMILES string of the molecule is COC(=O)CC(=O)c1cc(C#N)cs1. The highest BCUT2D eigenvalue weighted by Crippen LogP contribution is 2.15. The maximum absolute atomic E-state index is 11.3. The van der Waals surface area contributed by atoms with Crippen LogP contribution in [0.2, 0.25) is 0 Å². The van der Waals surface area contributed by atoms with Gasteiger partial charge >= 0.3 is 5.97 Å². The Bertz CT molecular complexity index is 402. The quantitative estimate of drug-likeness (QED) is 0.428. The van der Waals surface area contributed by atoms with Crippen LogP contribution in [-0.4, -0.2) is 18.9 Å². The third-order valence-corrected chi connectivity index (χ3v) is 2.51. The molecule has 0 saturated heterocycles. The van der Waals surface area contributed by atoms with Crippen molar-refractivity contribution in [2.75, 3.05) is 7.11 Å². The van der Waals surface area contributed by atoms with Gasteiger partial charge in [0.1, 0.15) is 12.5 Å². The average molecular weight is 209 g/mol. The Morgan fingerprint density at radius 1 is 1.64 bits per heavy atom. The van der Waals surface area contributed by atoms with Crippen LogP contribution in [0, 0.1) is 11.3 Å². The van der Waals surface area contributed by atoms with Crippen molar-refractivity contribution in [2.45, 2.75) is 6.42 Å². The van der Waals surface area contributed by atoms with Gasteiger partial charge in [-0.3, -0.25) is 9.59 Å². The fraction of sp³-hybridized carbons (Fsp3) is 0.222. The minimum absolute atomic E-state index is 0.276. The van der Waals surface area contributed by atoms with Gasteiger partial charge in [0.2, 0.25) is 0 Å². The molecule has 4 nitrogen and oxygen atoms in total. The molecule has 0 aliphatic carbocycles. The van der Waals surface area contributed by atoms with Crippen LogP contribution < -0.4 is 0 Å². The van der Waals surface area contributed by atoms with Crippen molar-refractivity contribution in [1.82, 2.24) is 0 Å². The number of carbonyl (C=O) groups is 2. The fourth-order valence-corrected chi connectivity index (χ4v) is 1.60. The molecule has 0 aliphatic heterocycles. The molecular weight excluding hydrogens is 202 g/mol. The molecule has 0 N–H and O–H groups in total. The highest BCUT2D eigenvalue weighted by Gasteiger charge is 2.13. The van der Waals surface area contributed by atoms with E-state index in [2.05, 4.69) is 4.74 Å². The normalized spacial score (nSPS) is 9.14. The molecule has 0 saturated carbocycles. The van der Waals surface area contributed by atoms with Gasteiger partial charge in [0.25, 0.3) is 0 Å². The standard InChI is InChI=1S/C9H7NO3S/c1-13-9(12)3-7(11)8-2-6(4-10)5-14-8/h2,5H,3H2,1H3. The van der Waals surface area contributed by atoms with Crippen LogP contribution in [0.1, 0.15) is 21.7 Å². The molecule has 0 radical (unpaired) electrons. The van der Waals surface area contributed by atoms with Crippen molar-refractivity contribution >= 4 is 23.1 Å². The minimum atomic E-state index is -0.568. The second-order valence-electron chi connectivity index (χ2n) is 2.49. The van der Waals surface area contributed by atoms with Crippen molar-refractivity contribution in [3.63, 3.8) is 0 Å². The molecule has 1 aromatic rings. The first kappa shape index (κ1) is 10.4. The number of thiophene rings is 1. The largest absolute Gasteiger partial charge is 0.469 e. The summed E-state index contributed by atoms with van der Waals surface area (Å²) in [6, 6.07) is 3.38. The molecule has 1 rings (SSSR count). The average Bonchev–Trinajstić information content (AvgIpc) is 2.65. The van der Waals surface area contributed by atoms with E-state index in [1.54, 1.807) is 5.38 Å². The van der Waals surface area contributed by atoms with Crippen LogP contribution in [0.25, 0.3) is 0 Å². The molecule has 0 spiro atoms. The third-order valence-electron chi connectivity index (χ3n) is 1.54. The van der Waals surface area contributed by atoms with Crippen molar-refractivity contribution in [3.8, 4) is 6.07 Å². The van der Waals surface area contributed by atoms with E-state index in [1.165, 1.54) is 13.2 Å². The minimum Gasteiger partial charge on any atom is -0.469 e. The molecule has 5 heteroatoms. The van der Waals surface area contributed by atoms with Gasteiger partial charge in [-0.25, -0.2) is 0 Å². The zero-order chi connectivity index (χ0) is 10.6. The number of ketones is 1. The Morgan fingerprint density at radius 3 is 2.86 bits per heavy atom. The van der Waals surface area contributed by atoms with Crippen LogP contribution >= 0.6 is 11.3 Å². The lowest BCUT2D eigenvalue weighted by molar-refractivity contribution is -0.139. The topological polar surface area (TPSA) is 67.2 Å². The molecule has 1 aromatic heterocycles. The monoisotopic (exact) mass is 209 g/mol. The molecule has 0 aliphatic rings.